The zero-order valence-corrected chi connectivity index (χ0v) is 16.5. The van der Waals surface area contributed by atoms with E-state index in [1.807, 2.05) is 47.4 Å². The van der Waals surface area contributed by atoms with Gasteiger partial charge in [0.25, 0.3) is 0 Å². The van der Waals surface area contributed by atoms with Crippen LogP contribution in [0.25, 0.3) is 0 Å². The number of carbonyl (C=O) groups excluding carboxylic acids is 1. The predicted octanol–water partition coefficient (Wildman–Crippen LogP) is 1.53. The number of aliphatic imine (C=N–C) groups is 1. The lowest BCUT2D eigenvalue weighted by atomic mass is 10.2. The largest absolute Gasteiger partial charge is 0.370 e. The van der Waals surface area contributed by atoms with E-state index in [1.54, 1.807) is 6.20 Å². The van der Waals surface area contributed by atoms with Gasteiger partial charge in [-0.2, -0.15) is 0 Å². The number of nitrogens with zero attached hydrogens (tertiary/aromatic N) is 4. The molecule has 7 nitrogen and oxygen atoms in total. The van der Waals surface area contributed by atoms with E-state index >= 15 is 0 Å². The summed E-state index contributed by atoms with van der Waals surface area (Å²) in [5, 5.41) is 3.74. The zero-order valence-electron chi connectivity index (χ0n) is 15.7. The fraction of sp³-hybridized carbons (Fsp3) is 0.350. The van der Waals surface area contributed by atoms with Crippen LogP contribution in [0.2, 0.25) is 5.02 Å². The van der Waals surface area contributed by atoms with Gasteiger partial charge in [0, 0.05) is 61.7 Å². The van der Waals surface area contributed by atoms with Gasteiger partial charge >= 0.3 is 0 Å². The second-order valence-electron chi connectivity index (χ2n) is 6.54. The van der Waals surface area contributed by atoms with Gasteiger partial charge in [0.15, 0.2) is 5.96 Å². The number of carbonyl (C=O) groups is 1. The Kier molecular flexibility index (Phi) is 7.08. The molecule has 2 heterocycles. The second-order valence-corrected chi connectivity index (χ2v) is 6.98. The highest BCUT2D eigenvalue weighted by Crippen LogP contribution is 2.19. The Balaban J connectivity index is 1.38. The number of aromatic nitrogens is 1. The monoisotopic (exact) mass is 400 g/mol. The van der Waals surface area contributed by atoms with E-state index in [4.69, 9.17) is 17.3 Å². The number of hydrogen-bond acceptors (Lipinski definition) is 4. The lowest BCUT2D eigenvalue weighted by molar-refractivity contribution is -0.129. The number of nitrogens with two attached hydrogens (primary N) is 1. The molecule has 1 aromatic carbocycles. The standard InChI is InChI=1S/C20H25ClN6O/c21-16-4-6-18(7-5-16)26-11-13-27(14-12-26)19(28)15-25-20(22)24-10-8-17-3-1-2-9-23-17/h1-7,9H,8,10-15H2,(H3,22,24,25). The van der Waals surface area contributed by atoms with E-state index < -0.39 is 0 Å². The summed E-state index contributed by atoms with van der Waals surface area (Å²) < 4.78 is 0. The summed E-state index contributed by atoms with van der Waals surface area (Å²) in [6.45, 7) is 3.60. The first-order valence-electron chi connectivity index (χ1n) is 9.34. The van der Waals surface area contributed by atoms with Gasteiger partial charge in [-0.05, 0) is 36.4 Å². The topological polar surface area (TPSA) is 86.8 Å². The van der Waals surface area contributed by atoms with E-state index in [0.29, 0.717) is 19.6 Å². The van der Waals surface area contributed by atoms with Crippen molar-refractivity contribution in [3.8, 4) is 0 Å². The number of halogens is 1. The number of guanidine groups is 1. The molecule has 148 valence electrons. The summed E-state index contributed by atoms with van der Waals surface area (Å²) in [5.74, 6) is 0.273. The number of piperazine rings is 1. The van der Waals surface area contributed by atoms with Crippen molar-refractivity contribution in [2.45, 2.75) is 6.42 Å². The van der Waals surface area contributed by atoms with Gasteiger partial charge in [0.2, 0.25) is 5.91 Å². The maximum atomic E-state index is 12.4. The van der Waals surface area contributed by atoms with Crippen LogP contribution in [0, 0.1) is 0 Å². The number of amides is 1. The van der Waals surface area contributed by atoms with Crippen LogP contribution >= 0.6 is 11.6 Å². The molecule has 0 saturated carbocycles. The first-order valence-corrected chi connectivity index (χ1v) is 9.71. The quantitative estimate of drug-likeness (QED) is 0.567. The van der Waals surface area contributed by atoms with Crippen molar-refractivity contribution in [2.24, 2.45) is 10.7 Å². The molecule has 0 atom stereocenters. The van der Waals surface area contributed by atoms with Crippen molar-refractivity contribution < 1.29 is 4.79 Å². The normalized spacial score (nSPS) is 14.8. The SMILES string of the molecule is NC(=NCC(=O)N1CCN(c2ccc(Cl)cc2)CC1)NCCc1ccccn1. The predicted molar refractivity (Wildman–Crippen MR) is 113 cm³/mol. The van der Waals surface area contributed by atoms with Gasteiger partial charge in [-0.15, -0.1) is 0 Å². The Morgan fingerprint density at radius 1 is 1.14 bits per heavy atom. The molecule has 1 aromatic heterocycles. The Bertz CT molecular complexity index is 788. The summed E-state index contributed by atoms with van der Waals surface area (Å²) in [6, 6.07) is 13.6. The number of benzene rings is 1. The van der Waals surface area contributed by atoms with Crippen LogP contribution in [-0.2, 0) is 11.2 Å². The fourth-order valence-corrected chi connectivity index (χ4v) is 3.17. The molecular weight excluding hydrogens is 376 g/mol. The van der Waals surface area contributed by atoms with Gasteiger partial charge in [-0.25, -0.2) is 4.99 Å². The molecule has 0 aliphatic carbocycles. The zero-order chi connectivity index (χ0) is 19.8. The van der Waals surface area contributed by atoms with Crippen LogP contribution in [0.4, 0.5) is 5.69 Å². The molecule has 8 heteroatoms. The van der Waals surface area contributed by atoms with Crippen molar-refractivity contribution in [1.82, 2.24) is 15.2 Å². The highest BCUT2D eigenvalue weighted by molar-refractivity contribution is 6.30. The van der Waals surface area contributed by atoms with Crippen LogP contribution in [0.1, 0.15) is 5.69 Å². The Morgan fingerprint density at radius 3 is 2.57 bits per heavy atom. The van der Waals surface area contributed by atoms with Crippen molar-refractivity contribution >= 4 is 29.2 Å². The van der Waals surface area contributed by atoms with Crippen molar-refractivity contribution in [2.75, 3.05) is 44.2 Å². The molecule has 3 N–H and O–H groups in total. The average Bonchev–Trinajstić information content (AvgIpc) is 2.73. The minimum absolute atomic E-state index is 0.00904. The molecule has 3 rings (SSSR count). The third kappa shape index (κ3) is 5.85. The van der Waals surface area contributed by atoms with E-state index in [0.717, 1.165) is 35.9 Å². The van der Waals surface area contributed by atoms with Crippen LogP contribution < -0.4 is 16.0 Å². The number of anilines is 1. The van der Waals surface area contributed by atoms with Crippen molar-refractivity contribution in [3.05, 3.63) is 59.4 Å². The molecule has 0 bridgehead atoms. The molecule has 28 heavy (non-hydrogen) atoms. The summed E-state index contributed by atoms with van der Waals surface area (Å²) in [7, 11) is 0. The summed E-state index contributed by atoms with van der Waals surface area (Å²) in [6.07, 6.45) is 2.51. The first kappa shape index (κ1) is 19.9. The Hall–Kier alpha value is -2.80. The molecule has 1 aliphatic heterocycles. The highest BCUT2D eigenvalue weighted by atomic mass is 35.5. The molecule has 0 spiro atoms. The van der Waals surface area contributed by atoms with Crippen molar-refractivity contribution in [1.29, 1.82) is 0 Å². The second kappa shape index (κ2) is 9.94. The maximum Gasteiger partial charge on any atom is 0.244 e. The summed E-state index contributed by atoms with van der Waals surface area (Å²) in [4.78, 5) is 24.9. The molecule has 0 radical (unpaired) electrons. The van der Waals surface area contributed by atoms with Crippen LogP contribution in [0.5, 0.6) is 0 Å². The van der Waals surface area contributed by atoms with Crippen LogP contribution in [0.3, 0.4) is 0 Å². The van der Waals surface area contributed by atoms with Gasteiger partial charge in [-0.1, -0.05) is 17.7 Å². The lowest BCUT2D eigenvalue weighted by Gasteiger charge is -2.36. The molecule has 1 aliphatic rings. The minimum atomic E-state index is -0.00904. The smallest absolute Gasteiger partial charge is 0.244 e. The fourth-order valence-electron chi connectivity index (χ4n) is 3.04. The molecule has 1 saturated heterocycles. The number of hydrogen-bond donors (Lipinski definition) is 2. The lowest BCUT2D eigenvalue weighted by Crippen LogP contribution is -2.49. The van der Waals surface area contributed by atoms with E-state index in [2.05, 4.69) is 20.2 Å². The summed E-state index contributed by atoms with van der Waals surface area (Å²) >= 11 is 5.94. The highest BCUT2D eigenvalue weighted by Gasteiger charge is 2.20. The number of nitrogens with one attached hydrogen (secondary N) is 1. The average molecular weight is 401 g/mol. The van der Waals surface area contributed by atoms with Gasteiger partial charge in [0.1, 0.15) is 6.54 Å². The van der Waals surface area contributed by atoms with Gasteiger partial charge in [0.05, 0.1) is 0 Å². The summed E-state index contributed by atoms with van der Waals surface area (Å²) in [5.41, 5.74) is 7.96. The third-order valence-electron chi connectivity index (χ3n) is 4.62. The van der Waals surface area contributed by atoms with E-state index in [-0.39, 0.29) is 18.4 Å². The van der Waals surface area contributed by atoms with E-state index in [9.17, 15) is 4.79 Å². The van der Waals surface area contributed by atoms with E-state index in [1.165, 1.54) is 0 Å². The minimum Gasteiger partial charge on any atom is -0.370 e. The van der Waals surface area contributed by atoms with Crippen LogP contribution in [0.15, 0.2) is 53.7 Å². The van der Waals surface area contributed by atoms with Crippen LogP contribution in [-0.4, -0.2) is 61.0 Å². The maximum absolute atomic E-state index is 12.4. The first-order chi connectivity index (χ1) is 13.6. The molecule has 1 amide bonds. The van der Waals surface area contributed by atoms with Gasteiger partial charge < -0.3 is 20.9 Å². The molecule has 1 fully saturated rings. The molecular formula is C20H25ClN6O. The Morgan fingerprint density at radius 2 is 1.89 bits per heavy atom. The number of rotatable bonds is 6. The number of pyridine rings is 1. The Labute approximate surface area is 170 Å². The molecule has 2 aromatic rings. The molecule has 0 unspecified atom stereocenters. The third-order valence-corrected chi connectivity index (χ3v) is 4.87. The van der Waals surface area contributed by atoms with Crippen molar-refractivity contribution in [3.63, 3.8) is 0 Å². The van der Waals surface area contributed by atoms with Gasteiger partial charge in [-0.3, -0.25) is 9.78 Å².